The maximum atomic E-state index is 15.0. The molecule has 1 atom stereocenters. The summed E-state index contributed by atoms with van der Waals surface area (Å²) in [5, 5.41) is 14.4. The average Bonchev–Trinajstić information content (AvgIpc) is 2.00. The van der Waals surface area contributed by atoms with Crippen LogP contribution in [0.15, 0.2) is 121 Å². The van der Waals surface area contributed by atoms with E-state index in [9.17, 15) is 18.4 Å². The van der Waals surface area contributed by atoms with Crippen LogP contribution >= 0.6 is 11.8 Å². The number of aromatic nitrogens is 3. The van der Waals surface area contributed by atoms with E-state index < -0.39 is 22.5 Å². The van der Waals surface area contributed by atoms with E-state index in [1.165, 1.54) is 29.9 Å². The van der Waals surface area contributed by atoms with Crippen molar-refractivity contribution >= 4 is 62.7 Å². The van der Waals surface area contributed by atoms with E-state index in [0.717, 1.165) is 63.2 Å². The molecule has 0 aliphatic carbocycles. The van der Waals surface area contributed by atoms with E-state index in [-0.39, 0.29) is 29.7 Å². The molecule has 0 spiro atoms. The molecule has 3 amide bonds. The van der Waals surface area contributed by atoms with Crippen molar-refractivity contribution in [3.63, 3.8) is 0 Å². The normalized spacial score (nSPS) is 13.9. The Morgan fingerprint density at radius 2 is 1.31 bits per heavy atom. The second-order valence-electron chi connectivity index (χ2n) is 20.5. The van der Waals surface area contributed by atoms with Crippen LogP contribution in [0.5, 0.6) is 5.75 Å². The number of nitrogens with one attached hydrogen (secondary N) is 2. The van der Waals surface area contributed by atoms with Crippen LogP contribution in [0.3, 0.4) is 0 Å². The number of nitrogens with zero attached hydrogens (tertiary/aromatic N) is 8. The SMILES string of the molecule is C=CC(=O)Nc1cc(Nc2nccc(-c3cn(C)c4ccccc34)n2)c(OC)cc1N(C)CCN(C)CCOCCOCCOCCOCCOCCOCCOCCOCCON(C)C(=O)N1N=C(c2cc(F)ccc2F)SC1(CCCN)c1ccccc1. The lowest BCUT2D eigenvalue weighted by molar-refractivity contribution is -0.126. The van der Waals surface area contributed by atoms with E-state index in [4.69, 9.17) is 58.2 Å². The Kier molecular flexibility index (Phi) is 29.6. The third-order valence-electron chi connectivity index (χ3n) is 14.2. The smallest absolute Gasteiger partial charge is 0.365 e. The number of para-hydroxylation sites is 1. The predicted octanol–water partition coefficient (Wildman–Crippen LogP) is 8.28. The number of fused-ring (bicyclic) bond motifs is 1. The zero-order valence-corrected chi connectivity index (χ0v) is 52.9. The van der Waals surface area contributed by atoms with Crippen molar-refractivity contribution in [2.24, 2.45) is 17.9 Å². The topological polar surface area (TPSA) is 233 Å². The van der Waals surface area contributed by atoms with Gasteiger partial charge in [-0.15, -0.1) is 0 Å². The van der Waals surface area contributed by atoms with Crippen LogP contribution in [0, 0.1) is 11.6 Å². The van der Waals surface area contributed by atoms with Crippen molar-refractivity contribution < 1.29 is 65.8 Å². The molecule has 0 bridgehead atoms. The zero-order valence-electron chi connectivity index (χ0n) is 52.1. The monoisotopic (exact) mass is 1270 g/mol. The summed E-state index contributed by atoms with van der Waals surface area (Å²) < 4.78 is 82.2. The fraction of sp³-hybridized carbons (Fsp3) is 0.453. The molecule has 23 nitrogen and oxygen atoms in total. The Morgan fingerprint density at radius 1 is 0.711 bits per heavy atom. The number of anilines is 4. The first-order valence-electron chi connectivity index (χ1n) is 29.9. The third-order valence-corrected chi connectivity index (χ3v) is 15.6. The van der Waals surface area contributed by atoms with Gasteiger partial charge in [-0.3, -0.25) is 9.63 Å². The molecule has 1 aliphatic rings. The number of methoxy groups -OCH3 is 1. The number of hydroxylamine groups is 2. The second-order valence-corrected chi connectivity index (χ2v) is 21.8. The maximum absolute atomic E-state index is 15.0. The first kappa shape index (κ1) is 70.3. The lowest BCUT2D eigenvalue weighted by atomic mass is 10.0. The van der Waals surface area contributed by atoms with Gasteiger partial charge in [0.15, 0.2) is 0 Å². The summed E-state index contributed by atoms with van der Waals surface area (Å²) in [7, 11) is 9.06. The minimum Gasteiger partial charge on any atom is -0.494 e. The molecular weight excluding hydrogens is 1180 g/mol. The van der Waals surface area contributed by atoms with E-state index in [1.807, 2.05) is 81.8 Å². The number of carbonyl (C=O) groups is 2. The molecule has 7 rings (SSSR count). The van der Waals surface area contributed by atoms with Gasteiger partial charge in [-0.2, -0.15) is 10.1 Å². The Balaban J connectivity index is 0.652. The van der Waals surface area contributed by atoms with Crippen molar-refractivity contribution in [2.45, 2.75) is 17.7 Å². The maximum Gasteiger partial charge on any atom is 0.365 e. The third kappa shape index (κ3) is 21.2. The largest absolute Gasteiger partial charge is 0.494 e. The summed E-state index contributed by atoms with van der Waals surface area (Å²) in [4.78, 5) is 44.7. The molecule has 6 aromatic rings. The molecular formula is C64H85F2N11O12S. The molecule has 0 fully saturated rings. The molecule has 1 aliphatic heterocycles. The quantitative estimate of drug-likeness (QED) is 0.0186. The molecule has 4 N–H and O–H groups in total. The second kappa shape index (κ2) is 37.9. The van der Waals surface area contributed by atoms with E-state index in [1.54, 1.807) is 13.3 Å². The standard InChI is InChI=1S/C64H85F2N11O12S/c1-7-60(78)69-55-45-56(71-62-68-23-20-54(70-62)52-47-75(4)57-17-12-11-16-50(52)57)59(80-6)46-58(55)74(3)25-24-73(2)26-27-81-28-29-82-30-31-83-32-33-84-34-35-85-36-37-86-38-39-87-40-41-88-42-43-89-76(5)63(79)77-64(21-13-22-67,48-14-9-8-10-15-48)90-61(72-77)51-44-49(65)18-19-53(51)66/h7-12,14-20,23,44-47H,1,13,21-22,24-43,67H2,2-6H3,(H,69,78)(H,68,70,71). The highest BCUT2D eigenvalue weighted by Gasteiger charge is 2.50. The molecule has 0 radical (unpaired) electrons. The number of carbonyl (C=O) groups excluding carboxylic acids is 2. The number of hydrogen-bond acceptors (Lipinski definition) is 20. The fourth-order valence-corrected chi connectivity index (χ4v) is 10.8. The van der Waals surface area contributed by atoms with Gasteiger partial charge >= 0.3 is 6.03 Å². The fourth-order valence-electron chi connectivity index (χ4n) is 9.39. The van der Waals surface area contributed by atoms with E-state index >= 15 is 0 Å². The summed E-state index contributed by atoms with van der Waals surface area (Å²) in [6.45, 7) is 12.6. The van der Waals surface area contributed by atoms with Crippen LogP contribution < -0.4 is 26.0 Å². The molecule has 3 heterocycles. The number of aryl methyl sites for hydroxylation is 1. The number of halogens is 2. The minimum absolute atomic E-state index is 0.0463. The molecule has 26 heteroatoms. The van der Waals surface area contributed by atoms with Gasteiger partial charge in [0.1, 0.15) is 27.3 Å². The van der Waals surface area contributed by atoms with Crippen LogP contribution in [-0.4, -0.2) is 213 Å². The van der Waals surface area contributed by atoms with Gasteiger partial charge in [0, 0.05) is 81.3 Å². The number of rotatable bonds is 43. The first-order chi connectivity index (χ1) is 43.8. The number of nitrogens with two attached hydrogens (primary N) is 1. The predicted molar refractivity (Wildman–Crippen MR) is 344 cm³/mol. The van der Waals surface area contributed by atoms with Crippen molar-refractivity contribution in [3.05, 3.63) is 139 Å². The number of amides is 3. The summed E-state index contributed by atoms with van der Waals surface area (Å²) in [6.07, 6.45) is 5.93. The molecule has 1 unspecified atom stereocenters. The molecule has 0 saturated carbocycles. The van der Waals surface area contributed by atoms with Gasteiger partial charge in [0.05, 0.1) is 142 Å². The number of ether oxygens (including phenoxy) is 9. The Morgan fingerprint density at radius 3 is 1.92 bits per heavy atom. The van der Waals surface area contributed by atoms with Gasteiger partial charge in [0.2, 0.25) is 11.9 Å². The van der Waals surface area contributed by atoms with Crippen LogP contribution in [-0.2, 0) is 59.4 Å². The van der Waals surface area contributed by atoms with Crippen LogP contribution in [0.25, 0.3) is 22.2 Å². The number of likely N-dealkylation sites (N-methyl/N-ethyl adjacent to an activating group) is 2. The zero-order chi connectivity index (χ0) is 63.9. The van der Waals surface area contributed by atoms with E-state index in [0.29, 0.717) is 155 Å². The Labute approximate surface area is 529 Å². The highest BCUT2D eigenvalue weighted by atomic mass is 32.2. The van der Waals surface area contributed by atoms with Crippen molar-refractivity contribution in [1.29, 1.82) is 0 Å². The lowest BCUT2D eigenvalue weighted by Crippen LogP contribution is -2.47. The van der Waals surface area contributed by atoms with Gasteiger partial charge < -0.3 is 73.4 Å². The number of thioether (sulfide) groups is 1. The minimum atomic E-state index is -1.09. The highest BCUT2D eigenvalue weighted by molar-refractivity contribution is 8.15. The van der Waals surface area contributed by atoms with Crippen LogP contribution in [0.1, 0.15) is 24.0 Å². The first-order valence-corrected chi connectivity index (χ1v) is 30.7. The molecule has 488 valence electrons. The van der Waals surface area contributed by atoms with Gasteiger partial charge in [0.25, 0.3) is 0 Å². The van der Waals surface area contributed by atoms with Crippen molar-refractivity contribution in [2.75, 3.05) is 182 Å². The molecule has 4 aromatic carbocycles. The highest BCUT2D eigenvalue weighted by Crippen LogP contribution is 2.51. The van der Waals surface area contributed by atoms with Gasteiger partial charge in [-0.25, -0.2) is 28.6 Å². The number of hydrogen-bond donors (Lipinski definition) is 3. The Hall–Kier alpha value is -7.18. The van der Waals surface area contributed by atoms with Gasteiger partial charge in [-0.1, -0.05) is 66.9 Å². The van der Waals surface area contributed by atoms with Crippen molar-refractivity contribution in [3.8, 4) is 17.0 Å². The number of benzene rings is 4. The Bertz CT molecular complexity index is 3210. The van der Waals surface area contributed by atoms with Gasteiger partial charge in [-0.05, 0) is 74.5 Å². The summed E-state index contributed by atoms with van der Waals surface area (Å²) in [5.74, 6) is -0.703. The molecule has 0 saturated heterocycles. The lowest BCUT2D eigenvalue weighted by Gasteiger charge is -2.37. The van der Waals surface area contributed by atoms with E-state index in [2.05, 4.69) is 60.0 Å². The number of hydrazone groups is 1. The summed E-state index contributed by atoms with van der Waals surface area (Å²) >= 11 is 1.17. The van der Waals surface area contributed by atoms with Crippen molar-refractivity contribution in [1.82, 2.24) is 29.5 Å². The average molecular weight is 1270 g/mol. The summed E-state index contributed by atoms with van der Waals surface area (Å²) in [5.41, 5.74) is 11.4. The van der Waals surface area contributed by atoms with Crippen LogP contribution in [0.2, 0.25) is 0 Å². The number of urea groups is 1. The van der Waals surface area contributed by atoms with Crippen LogP contribution in [0.4, 0.5) is 36.6 Å². The molecule has 2 aromatic heterocycles. The molecule has 90 heavy (non-hydrogen) atoms. The summed E-state index contributed by atoms with van der Waals surface area (Å²) in [6, 6.07) is 25.5.